The van der Waals surface area contributed by atoms with E-state index < -0.39 is 10.0 Å². The lowest BCUT2D eigenvalue weighted by Gasteiger charge is -2.03. The van der Waals surface area contributed by atoms with E-state index in [4.69, 9.17) is 0 Å². The summed E-state index contributed by atoms with van der Waals surface area (Å²) in [4.78, 5) is 17.8. The van der Waals surface area contributed by atoms with Crippen LogP contribution in [0.2, 0.25) is 0 Å². The maximum atomic E-state index is 11.9. The quantitative estimate of drug-likeness (QED) is 0.866. The predicted octanol–water partition coefficient (Wildman–Crippen LogP) is 0.680. The number of nitrogens with one attached hydrogen (secondary N) is 2. The van der Waals surface area contributed by atoms with Crippen molar-refractivity contribution in [1.82, 2.24) is 14.7 Å². The van der Waals surface area contributed by atoms with Crippen molar-refractivity contribution in [2.45, 2.75) is 17.7 Å². The van der Waals surface area contributed by atoms with E-state index in [1.807, 2.05) is 0 Å². The molecule has 6 nitrogen and oxygen atoms in total. The van der Waals surface area contributed by atoms with Crippen molar-refractivity contribution < 1.29 is 8.42 Å². The molecule has 2 aromatic heterocycles. The van der Waals surface area contributed by atoms with Gasteiger partial charge < -0.3 is 4.98 Å². The highest BCUT2D eigenvalue weighted by atomic mass is 32.2. The molecule has 0 saturated carbocycles. The van der Waals surface area contributed by atoms with Crippen molar-refractivity contribution in [3.05, 3.63) is 31.9 Å². The SMILES string of the molecule is Cc1[nH]c(=O)sc1S(=O)(=O)NCc1cncs1. The van der Waals surface area contributed by atoms with Gasteiger partial charge in [-0.25, -0.2) is 13.1 Å². The molecule has 0 aromatic carbocycles. The maximum Gasteiger partial charge on any atom is 0.305 e. The largest absolute Gasteiger partial charge is 0.315 e. The van der Waals surface area contributed by atoms with Gasteiger partial charge in [0.1, 0.15) is 0 Å². The van der Waals surface area contributed by atoms with Crippen LogP contribution < -0.4 is 9.60 Å². The van der Waals surface area contributed by atoms with Gasteiger partial charge in [-0.15, -0.1) is 11.3 Å². The van der Waals surface area contributed by atoms with Crippen molar-refractivity contribution >= 4 is 32.7 Å². The van der Waals surface area contributed by atoms with Crippen molar-refractivity contribution in [1.29, 1.82) is 0 Å². The zero-order valence-electron chi connectivity index (χ0n) is 8.76. The van der Waals surface area contributed by atoms with E-state index in [0.717, 1.165) is 4.88 Å². The first kappa shape index (κ1) is 12.4. The monoisotopic (exact) mass is 291 g/mol. The van der Waals surface area contributed by atoms with Gasteiger partial charge in [0.05, 0.1) is 5.51 Å². The Morgan fingerprint density at radius 3 is 2.82 bits per heavy atom. The molecule has 2 aromatic rings. The molecule has 0 unspecified atom stereocenters. The minimum atomic E-state index is -3.63. The number of thiazole rings is 2. The van der Waals surface area contributed by atoms with E-state index in [1.165, 1.54) is 11.3 Å². The van der Waals surface area contributed by atoms with Gasteiger partial charge in [0, 0.05) is 23.3 Å². The predicted molar refractivity (Wildman–Crippen MR) is 65.8 cm³/mol. The molecule has 0 radical (unpaired) electrons. The van der Waals surface area contributed by atoms with Crippen molar-refractivity contribution in [2.75, 3.05) is 0 Å². The molecule has 9 heteroatoms. The number of rotatable bonds is 4. The molecule has 0 spiro atoms. The summed E-state index contributed by atoms with van der Waals surface area (Å²) in [5.41, 5.74) is 1.99. The summed E-state index contributed by atoms with van der Waals surface area (Å²) < 4.78 is 26.2. The Bertz CT molecular complexity index is 654. The van der Waals surface area contributed by atoms with E-state index in [2.05, 4.69) is 14.7 Å². The molecule has 0 fully saturated rings. The topological polar surface area (TPSA) is 91.9 Å². The Morgan fingerprint density at radius 1 is 1.53 bits per heavy atom. The molecule has 0 aliphatic rings. The van der Waals surface area contributed by atoms with E-state index in [1.54, 1.807) is 18.6 Å². The summed E-state index contributed by atoms with van der Waals surface area (Å²) in [6, 6.07) is 0. The van der Waals surface area contributed by atoms with Crippen LogP contribution in [0.15, 0.2) is 20.7 Å². The fourth-order valence-electron chi connectivity index (χ4n) is 1.21. The maximum absolute atomic E-state index is 11.9. The van der Waals surface area contributed by atoms with Crippen LogP contribution in [-0.2, 0) is 16.6 Å². The number of aryl methyl sites for hydroxylation is 1. The highest BCUT2D eigenvalue weighted by molar-refractivity contribution is 7.91. The Morgan fingerprint density at radius 2 is 2.29 bits per heavy atom. The molecular formula is C8H9N3O3S3. The van der Waals surface area contributed by atoms with Crippen molar-refractivity contribution in [3.63, 3.8) is 0 Å². The van der Waals surface area contributed by atoms with Gasteiger partial charge in [-0.3, -0.25) is 9.78 Å². The van der Waals surface area contributed by atoms with Crippen LogP contribution in [0.3, 0.4) is 0 Å². The number of aromatic amines is 1. The third-order valence-corrected chi connectivity index (χ3v) is 5.73. The fourth-order valence-corrected chi connectivity index (χ4v) is 4.18. The van der Waals surface area contributed by atoms with Crippen LogP contribution in [0.4, 0.5) is 0 Å². The normalized spacial score (nSPS) is 11.8. The van der Waals surface area contributed by atoms with Crippen molar-refractivity contribution in [3.8, 4) is 0 Å². The number of sulfonamides is 1. The first-order chi connectivity index (χ1) is 7.99. The summed E-state index contributed by atoms with van der Waals surface area (Å²) in [5.74, 6) is 0. The minimum absolute atomic E-state index is 0.0343. The average Bonchev–Trinajstić information content (AvgIpc) is 2.85. The Kier molecular flexibility index (Phi) is 3.43. The lowest BCUT2D eigenvalue weighted by Crippen LogP contribution is -2.22. The molecule has 0 amide bonds. The molecule has 17 heavy (non-hydrogen) atoms. The molecule has 0 aliphatic carbocycles. The van der Waals surface area contributed by atoms with Crippen molar-refractivity contribution in [2.24, 2.45) is 0 Å². The number of aromatic nitrogens is 2. The van der Waals surface area contributed by atoms with Crippen LogP contribution >= 0.6 is 22.7 Å². The lowest BCUT2D eigenvalue weighted by atomic mass is 10.6. The van der Waals surface area contributed by atoms with Crippen LogP contribution in [0.5, 0.6) is 0 Å². The highest BCUT2D eigenvalue weighted by Crippen LogP contribution is 2.16. The molecular weight excluding hydrogens is 282 g/mol. The smallest absolute Gasteiger partial charge is 0.305 e. The average molecular weight is 291 g/mol. The standard InChI is InChI=1S/C8H9N3O3S3/c1-5-7(16-8(12)11-5)17(13,14)10-3-6-2-9-4-15-6/h2,4,10H,3H2,1H3,(H,11,12). The molecule has 0 aliphatic heterocycles. The van der Waals surface area contributed by atoms with E-state index in [0.29, 0.717) is 17.0 Å². The molecule has 92 valence electrons. The molecule has 2 N–H and O–H groups in total. The summed E-state index contributed by atoms with van der Waals surface area (Å²) >= 11 is 2.05. The Hall–Kier alpha value is -1.03. The summed E-state index contributed by atoms with van der Waals surface area (Å²) in [7, 11) is -3.63. The number of hydrogen-bond acceptors (Lipinski definition) is 6. The summed E-state index contributed by atoms with van der Waals surface area (Å²) in [6.45, 7) is 1.73. The number of H-pyrrole nitrogens is 1. The summed E-state index contributed by atoms with van der Waals surface area (Å²) in [5, 5.41) is 0. The zero-order valence-corrected chi connectivity index (χ0v) is 11.2. The van der Waals surface area contributed by atoms with Gasteiger partial charge in [0.25, 0.3) is 10.0 Å². The second-order valence-corrected chi connectivity index (χ2v) is 7.14. The second-order valence-electron chi connectivity index (χ2n) is 3.22. The molecule has 2 heterocycles. The first-order valence-electron chi connectivity index (χ1n) is 4.56. The lowest BCUT2D eigenvalue weighted by molar-refractivity contribution is 0.583. The van der Waals surface area contributed by atoms with Gasteiger partial charge in [0.2, 0.25) is 0 Å². The molecule has 0 atom stereocenters. The van der Waals surface area contributed by atoms with E-state index in [-0.39, 0.29) is 15.6 Å². The van der Waals surface area contributed by atoms with Gasteiger partial charge >= 0.3 is 4.87 Å². The number of hydrogen-bond donors (Lipinski definition) is 2. The van der Waals surface area contributed by atoms with E-state index >= 15 is 0 Å². The van der Waals surface area contributed by atoms with Gasteiger partial charge in [-0.1, -0.05) is 11.3 Å². The second kappa shape index (κ2) is 4.69. The molecule has 0 saturated heterocycles. The summed E-state index contributed by atoms with van der Waals surface area (Å²) in [6.07, 6.45) is 1.60. The number of nitrogens with zero attached hydrogens (tertiary/aromatic N) is 1. The van der Waals surface area contributed by atoms with Crippen LogP contribution in [-0.4, -0.2) is 18.4 Å². The van der Waals surface area contributed by atoms with Gasteiger partial charge in [-0.05, 0) is 6.92 Å². The molecule has 2 rings (SSSR count). The molecule has 0 bridgehead atoms. The van der Waals surface area contributed by atoms with Crippen LogP contribution in [0.25, 0.3) is 0 Å². The van der Waals surface area contributed by atoms with Crippen LogP contribution in [0.1, 0.15) is 10.6 Å². The van der Waals surface area contributed by atoms with Gasteiger partial charge in [-0.2, -0.15) is 0 Å². The zero-order chi connectivity index (χ0) is 12.5. The van der Waals surface area contributed by atoms with E-state index in [9.17, 15) is 13.2 Å². The first-order valence-corrected chi connectivity index (χ1v) is 7.74. The fraction of sp³-hybridized carbons (Fsp3) is 0.250. The Balaban J connectivity index is 2.20. The Labute approximate surface area is 105 Å². The van der Waals surface area contributed by atoms with Gasteiger partial charge in [0.15, 0.2) is 4.21 Å². The minimum Gasteiger partial charge on any atom is -0.315 e. The third-order valence-electron chi connectivity index (χ3n) is 1.95. The van der Waals surface area contributed by atoms with Crippen LogP contribution in [0, 0.1) is 6.92 Å². The third kappa shape index (κ3) is 2.80. The highest BCUT2D eigenvalue weighted by Gasteiger charge is 2.20.